The van der Waals surface area contributed by atoms with Gasteiger partial charge in [0.1, 0.15) is 6.10 Å². The molecular weight excluding hydrogens is 234 g/mol. The van der Waals surface area contributed by atoms with Gasteiger partial charge in [0.05, 0.1) is 12.2 Å². The van der Waals surface area contributed by atoms with E-state index >= 15 is 0 Å². The normalized spacial score (nSPS) is 26.3. The summed E-state index contributed by atoms with van der Waals surface area (Å²) in [6.07, 6.45) is 5.79. The number of ether oxygens (including phenoxy) is 2. The maximum Gasteiger partial charge on any atom is 0.310 e. The Labute approximate surface area is 105 Å². The molecule has 2 saturated heterocycles. The van der Waals surface area contributed by atoms with Crippen LogP contribution in [-0.4, -0.2) is 41.4 Å². The van der Waals surface area contributed by atoms with Crippen molar-refractivity contribution < 1.29 is 9.47 Å². The second kappa shape index (κ2) is 4.70. The average molecular weight is 251 g/mol. The Kier molecular flexibility index (Phi) is 3.05. The quantitative estimate of drug-likeness (QED) is 0.777. The van der Waals surface area contributed by atoms with Crippen LogP contribution in [0, 0.1) is 0 Å². The maximum atomic E-state index is 11.5. The number of H-pyrrole nitrogens is 1. The smallest absolute Gasteiger partial charge is 0.310 e. The number of rotatable bonds is 2. The number of nitrogens with one attached hydrogen (secondary N) is 2. The van der Waals surface area contributed by atoms with E-state index in [9.17, 15) is 4.79 Å². The summed E-state index contributed by atoms with van der Waals surface area (Å²) in [4.78, 5) is 18.0. The predicted molar refractivity (Wildman–Crippen MR) is 64.7 cm³/mol. The fourth-order valence-electron chi connectivity index (χ4n) is 2.69. The van der Waals surface area contributed by atoms with Crippen LogP contribution in [0.2, 0.25) is 0 Å². The Morgan fingerprint density at radius 1 is 1.44 bits per heavy atom. The van der Waals surface area contributed by atoms with Crippen LogP contribution in [0.25, 0.3) is 0 Å². The van der Waals surface area contributed by atoms with Crippen molar-refractivity contribution in [1.29, 1.82) is 0 Å². The molecule has 1 aromatic rings. The Bertz CT molecular complexity index is 468. The molecule has 2 aliphatic heterocycles. The maximum absolute atomic E-state index is 11.5. The van der Waals surface area contributed by atoms with E-state index < -0.39 is 0 Å². The summed E-state index contributed by atoms with van der Waals surface area (Å²) in [6, 6.07) is 0. The number of hydrogen-bond donors (Lipinski definition) is 2. The second-order valence-corrected chi connectivity index (χ2v) is 4.91. The molecular formula is C12H17N3O3. The van der Waals surface area contributed by atoms with Gasteiger partial charge in [-0.05, 0) is 25.9 Å². The van der Waals surface area contributed by atoms with Crippen molar-refractivity contribution >= 4 is 0 Å². The average Bonchev–Trinajstić information content (AvgIpc) is 2.76. The van der Waals surface area contributed by atoms with Crippen LogP contribution < -0.4 is 15.6 Å². The number of piperidine rings is 1. The summed E-state index contributed by atoms with van der Waals surface area (Å²) in [5.41, 5.74) is -0.346. The van der Waals surface area contributed by atoms with Crippen LogP contribution in [0.3, 0.4) is 0 Å². The van der Waals surface area contributed by atoms with E-state index in [1.807, 2.05) is 0 Å². The largest absolute Gasteiger partial charge is 0.468 e. The molecule has 2 N–H and O–H groups in total. The van der Waals surface area contributed by atoms with E-state index in [2.05, 4.69) is 15.3 Å². The second-order valence-electron chi connectivity index (χ2n) is 4.91. The minimum atomic E-state index is -0.288. The van der Waals surface area contributed by atoms with Crippen LogP contribution in [0.1, 0.15) is 19.3 Å². The predicted octanol–water partition coefficient (Wildman–Crippen LogP) is 0.0598. The molecule has 6 heteroatoms. The molecule has 0 aliphatic carbocycles. The summed E-state index contributed by atoms with van der Waals surface area (Å²) in [5, 5.41) is 3.32. The van der Waals surface area contributed by atoms with Gasteiger partial charge < -0.3 is 19.8 Å². The van der Waals surface area contributed by atoms with Crippen LogP contribution in [-0.2, 0) is 4.74 Å². The van der Waals surface area contributed by atoms with Crippen LogP contribution in [0.15, 0.2) is 17.2 Å². The molecule has 1 aromatic heterocycles. The molecule has 2 fully saturated rings. The number of hydrogen-bond acceptors (Lipinski definition) is 5. The Balaban J connectivity index is 1.66. The standard InChI is InChI=1S/C12H17N3O3/c16-10-11(15-6-5-14-10)18-9-7-12(17-8-9)1-3-13-4-2-12/h5-6,9,13H,1-4,7-8H2,(H,14,16). The third kappa shape index (κ3) is 2.26. The molecule has 1 spiro atoms. The third-order valence-electron chi connectivity index (χ3n) is 3.64. The zero-order chi connectivity index (χ0) is 12.4. The fourth-order valence-corrected chi connectivity index (χ4v) is 2.69. The third-order valence-corrected chi connectivity index (χ3v) is 3.64. The van der Waals surface area contributed by atoms with Gasteiger partial charge >= 0.3 is 5.56 Å². The topological polar surface area (TPSA) is 76.2 Å². The molecule has 2 aliphatic rings. The Morgan fingerprint density at radius 3 is 3.06 bits per heavy atom. The van der Waals surface area contributed by atoms with E-state index in [1.54, 1.807) is 0 Å². The van der Waals surface area contributed by atoms with Crippen molar-refractivity contribution in [2.45, 2.75) is 31.0 Å². The van der Waals surface area contributed by atoms with Crippen molar-refractivity contribution in [2.24, 2.45) is 0 Å². The highest BCUT2D eigenvalue weighted by Crippen LogP contribution is 2.34. The van der Waals surface area contributed by atoms with Gasteiger partial charge in [0.2, 0.25) is 0 Å². The first-order valence-corrected chi connectivity index (χ1v) is 6.32. The summed E-state index contributed by atoms with van der Waals surface area (Å²) >= 11 is 0. The van der Waals surface area contributed by atoms with E-state index in [4.69, 9.17) is 9.47 Å². The number of nitrogens with zero attached hydrogens (tertiary/aromatic N) is 1. The summed E-state index contributed by atoms with van der Waals surface area (Å²) in [7, 11) is 0. The van der Waals surface area contributed by atoms with Crippen molar-refractivity contribution in [3.8, 4) is 5.88 Å². The highest BCUT2D eigenvalue weighted by atomic mass is 16.6. The van der Waals surface area contributed by atoms with E-state index in [1.165, 1.54) is 12.4 Å². The first-order chi connectivity index (χ1) is 8.77. The molecule has 1 atom stereocenters. The minimum absolute atomic E-state index is 0.0581. The van der Waals surface area contributed by atoms with Gasteiger partial charge in [-0.15, -0.1) is 0 Å². The zero-order valence-electron chi connectivity index (χ0n) is 10.1. The van der Waals surface area contributed by atoms with E-state index in [0.717, 1.165) is 32.4 Å². The Morgan fingerprint density at radius 2 is 2.28 bits per heavy atom. The van der Waals surface area contributed by atoms with Gasteiger partial charge in [-0.1, -0.05) is 0 Å². The van der Waals surface area contributed by atoms with Gasteiger partial charge in [0, 0.05) is 18.8 Å². The van der Waals surface area contributed by atoms with Gasteiger partial charge in [-0.3, -0.25) is 4.79 Å². The molecule has 0 saturated carbocycles. The lowest BCUT2D eigenvalue weighted by Gasteiger charge is -2.32. The van der Waals surface area contributed by atoms with E-state index in [0.29, 0.717) is 6.61 Å². The number of aromatic amines is 1. The first-order valence-electron chi connectivity index (χ1n) is 6.32. The molecule has 6 nitrogen and oxygen atoms in total. The molecule has 0 amide bonds. The number of aromatic nitrogens is 2. The highest BCUT2D eigenvalue weighted by molar-refractivity contribution is 5.04. The van der Waals surface area contributed by atoms with Crippen molar-refractivity contribution in [3.63, 3.8) is 0 Å². The lowest BCUT2D eigenvalue weighted by molar-refractivity contribution is -0.0206. The summed E-state index contributed by atoms with van der Waals surface area (Å²) < 4.78 is 11.5. The van der Waals surface area contributed by atoms with E-state index in [-0.39, 0.29) is 23.1 Å². The molecule has 1 unspecified atom stereocenters. The van der Waals surface area contributed by atoms with Crippen molar-refractivity contribution in [2.75, 3.05) is 19.7 Å². The minimum Gasteiger partial charge on any atom is -0.468 e. The highest BCUT2D eigenvalue weighted by Gasteiger charge is 2.42. The fraction of sp³-hybridized carbons (Fsp3) is 0.667. The van der Waals surface area contributed by atoms with Gasteiger partial charge in [0.25, 0.3) is 5.88 Å². The van der Waals surface area contributed by atoms with Crippen molar-refractivity contribution in [3.05, 3.63) is 22.7 Å². The molecule has 3 rings (SSSR count). The van der Waals surface area contributed by atoms with Gasteiger partial charge in [-0.2, -0.15) is 0 Å². The van der Waals surface area contributed by atoms with Crippen LogP contribution in [0.4, 0.5) is 0 Å². The molecule has 18 heavy (non-hydrogen) atoms. The lowest BCUT2D eigenvalue weighted by Crippen LogP contribution is -2.41. The van der Waals surface area contributed by atoms with Crippen LogP contribution >= 0.6 is 0 Å². The summed E-state index contributed by atoms with van der Waals surface area (Å²) in [5.74, 6) is 0.136. The SMILES string of the molecule is O=c1[nH]ccnc1OC1COC2(CCNCC2)C1. The molecule has 0 aromatic carbocycles. The molecule has 3 heterocycles. The zero-order valence-corrected chi connectivity index (χ0v) is 10.1. The first kappa shape index (κ1) is 11.7. The molecule has 98 valence electrons. The summed E-state index contributed by atoms with van der Waals surface area (Å²) in [6.45, 7) is 2.50. The monoisotopic (exact) mass is 251 g/mol. The van der Waals surface area contributed by atoms with Crippen molar-refractivity contribution in [1.82, 2.24) is 15.3 Å². The Hall–Kier alpha value is -1.40. The lowest BCUT2D eigenvalue weighted by atomic mass is 9.89. The van der Waals surface area contributed by atoms with Gasteiger partial charge in [0.15, 0.2) is 0 Å². The molecule has 0 radical (unpaired) electrons. The van der Waals surface area contributed by atoms with Gasteiger partial charge in [-0.25, -0.2) is 4.98 Å². The molecule has 0 bridgehead atoms. The van der Waals surface area contributed by atoms with Crippen LogP contribution in [0.5, 0.6) is 5.88 Å².